The molecule has 1 N–H and O–H groups in total. The molecule has 0 bridgehead atoms. The molecule has 0 spiro atoms. The Balaban J connectivity index is 1.44. The SMILES string of the molecule is O=C(NCc1cccnc1N1CCc2ccccc2C1)[C@@H]1CCCCO1. The number of fused-ring (bicyclic) bond motifs is 1. The molecular weight excluding hydrogens is 326 g/mol. The van der Waals surface area contributed by atoms with Crippen LogP contribution in [0.5, 0.6) is 0 Å². The lowest BCUT2D eigenvalue weighted by Gasteiger charge is -2.31. The molecule has 5 nitrogen and oxygen atoms in total. The fraction of sp³-hybridized carbons (Fsp3) is 0.429. The molecule has 1 aromatic heterocycles. The molecule has 1 atom stereocenters. The van der Waals surface area contributed by atoms with Gasteiger partial charge in [0.15, 0.2) is 0 Å². The first kappa shape index (κ1) is 17.0. The van der Waals surface area contributed by atoms with Crippen molar-refractivity contribution in [3.8, 4) is 0 Å². The lowest BCUT2D eigenvalue weighted by atomic mass is 9.99. The maximum atomic E-state index is 12.4. The van der Waals surface area contributed by atoms with Gasteiger partial charge in [-0.3, -0.25) is 4.79 Å². The number of ether oxygens (including phenoxy) is 1. The molecule has 4 rings (SSSR count). The van der Waals surface area contributed by atoms with E-state index >= 15 is 0 Å². The smallest absolute Gasteiger partial charge is 0.249 e. The number of nitrogens with zero attached hydrogens (tertiary/aromatic N) is 2. The van der Waals surface area contributed by atoms with E-state index in [2.05, 4.69) is 39.5 Å². The molecule has 1 fully saturated rings. The van der Waals surface area contributed by atoms with Crippen LogP contribution in [0.15, 0.2) is 42.6 Å². The Morgan fingerprint density at radius 1 is 1.19 bits per heavy atom. The quantitative estimate of drug-likeness (QED) is 0.920. The standard InChI is InChI=1S/C21H25N3O2/c25-21(19-9-3-4-13-26-19)23-14-17-8-5-11-22-20(17)24-12-10-16-6-1-2-7-18(16)15-24/h1-2,5-8,11,19H,3-4,9-10,12-15H2,(H,23,25)/t19-/m0/s1. The molecule has 1 saturated heterocycles. The monoisotopic (exact) mass is 351 g/mol. The summed E-state index contributed by atoms with van der Waals surface area (Å²) in [5.74, 6) is 0.954. The number of pyridine rings is 1. The summed E-state index contributed by atoms with van der Waals surface area (Å²) in [7, 11) is 0. The summed E-state index contributed by atoms with van der Waals surface area (Å²) in [5.41, 5.74) is 3.83. The first-order chi connectivity index (χ1) is 12.8. The molecule has 2 aliphatic heterocycles. The molecule has 2 aliphatic rings. The van der Waals surface area contributed by atoms with Crippen molar-refractivity contribution in [3.63, 3.8) is 0 Å². The van der Waals surface area contributed by atoms with Gasteiger partial charge in [0.25, 0.3) is 0 Å². The van der Waals surface area contributed by atoms with Gasteiger partial charge in [-0.2, -0.15) is 0 Å². The Morgan fingerprint density at radius 2 is 2.08 bits per heavy atom. The van der Waals surface area contributed by atoms with Crippen molar-refractivity contribution >= 4 is 11.7 Å². The van der Waals surface area contributed by atoms with Crippen LogP contribution in [-0.4, -0.2) is 30.1 Å². The van der Waals surface area contributed by atoms with Crippen molar-refractivity contribution in [2.75, 3.05) is 18.1 Å². The molecule has 0 radical (unpaired) electrons. The highest BCUT2D eigenvalue weighted by Gasteiger charge is 2.23. The van der Waals surface area contributed by atoms with Gasteiger partial charge in [-0.15, -0.1) is 0 Å². The molecule has 3 heterocycles. The summed E-state index contributed by atoms with van der Waals surface area (Å²) in [6.45, 7) is 2.98. The summed E-state index contributed by atoms with van der Waals surface area (Å²) < 4.78 is 5.58. The van der Waals surface area contributed by atoms with Crippen molar-refractivity contribution in [1.29, 1.82) is 0 Å². The number of hydrogen-bond acceptors (Lipinski definition) is 4. The zero-order valence-electron chi connectivity index (χ0n) is 15.0. The number of nitrogens with one attached hydrogen (secondary N) is 1. The van der Waals surface area contributed by atoms with E-state index in [0.29, 0.717) is 13.2 Å². The van der Waals surface area contributed by atoms with Crippen LogP contribution in [-0.2, 0) is 29.0 Å². The number of carbonyl (C=O) groups excluding carboxylic acids is 1. The average Bonchev–Trinajstić information content (AvgIpc) is 2.72. The Hall–Kier alpha value is -2.40. The highest BCUT2D eigenvalue weighted by molar-refractivity contribution is 5.80. The second-order valence-corrected chi connectivity index (χ2v) is 7.00. The van der Waals surface area contributed by atoms with Crippen molar-refractivity contribution < 1.29 is 9.53 Å². The van der Waals surface area contributed by atoms with Gasteiger partial charge >= 0.3 is 0 Å². The number of amides is 1. The number of hydrogen-bond donors (Lipinski definition) is 1. The van der Waals surface area contributed by atoms with Crippen LogP contribution in [0.2, 0.25) is 0 Å². The topological polar surface area (TPSA) is 54.5 Å². The highest BCUT2D eigenvalue weighted by atomic mass is 16.5. The predicted molar refractivity (Wildman–Crippen MR) is 101 cm³/mol. The zero-order valence-corrected chi connectivity index (χ0v) is 15.0. The van der Waals surface area contributed by atoms with Gasteiger partial charge in [0.2, 0.25) is 5.91 Å². The van der Waals surface area contributed by atoms with Crippen LogP contribution in [0.4, 0.5) is 5.82 Å². The molecular formula is C21H25N3O2. The Morgan fingerprint density at radius 3 is 2.92 bits per heavy atom. The van der Waals surface area contributed by atoms with Crippen molar-refractivity contribution in [2.45, 2.75) is 44.9 Å². The number of anilines is 1. The molecule has 2 aromatic rings. The van der Waals surface area contributed by atoms with Crippen LogP contribution in [0.1, 0.15) is 36.0 Å². The van der Waals surface area contributed by atoms with Gasteiger partial charge in [-0.25, -0.2) is 4.98 Å². The van der Waals surface area contributed by atoms with Crippen molar-refractivity contribution in [1.82, 2.24) is 10.3 Å². The Labute approximate surface area is 154 Å². The van der Waals surface area contributed by atoms with Crippen molar-refractivity contribution in [2.24, 2.45) is 0 Å². The maximum absolute atomic E-state index is 12.4. The fourth-order valence-corrected chi connectivity index (χ4v) is 3.77. The van der Waals surface area contributed by atoms with E-state index < -0.39 is 0 Å². The van der Waals surface area contributed by atoms with E-state index in [1.807, 2.05) is 18.3 Å². The van der Waals surface area contributed by atoms with Gasteiger partial charge in [0.1, 0.15) is 11.9 Å². The van der Waals surface area contributed by atoms with Gasteiger partial charge in [0, 0.05) is 38.0 Å². The van der Waals surface area contributed by atoms with Gasteiger partial charge < -0.3 is 15.0 Å². The van der Waals surface area contributed by atoms with E-state index in [0.717, 1.165) is 50.2 Å². The number of benzene rings is 1. The number of aromatic nitrogens is 1. The molecule has 26 heavy (non-hydrogen) atoms. The largest absolute Gasteiger partial charge is 0.368 e. The van der Waals surface area contributed by atoms with E-state index in [4.69, 9.17) is 4.74 Å². The molecule has 1 aromatic carbocycles. The minimum Gasteiger partial charge on any atom is -0.368 e. The van der Waals surface area contributed by atoms with E-state index in [-0.39, 0.29) is 12.0 Å². The number of rotatable bonds is 4. The summed E-state index contributed by atoms with van der Waals surface area (Å²) in [6, 6.07) is 12.6. The minimum atomic E-state index is -0.300. The van der Waals surface area contributed by atoms with Crippen LogP contribution >= 0.6 is 0 Å². The third kappa shape index (κ3) is 3.73. The van der Waals surface area contributed by atoms with Gasteiger partial charge in [-0.1, -0.05) is 30.3 Å². The molecule has 5 heteroatoms. The second-order valence-electron chi connectivity index (χ2n) is 7.00. The zero-order chi connectivity index (χ0) is 17.8. The number of carbonyl (C=O) groups is 1. The van der Waals surface area contributed by atoms with Gasteiger partial charge in [-0.05, 0) is 42.9 Å². The molecule has 136 valence electrons. The molecule has 0 saturated carbocycles. The third-order valence-electron chi connectivity index (χ3n) is 5.22. The van der Waals surface area contributed by atoms with E-state index in [1.54, 1.807) is 0 Å². The Bertz CT molecular complexity index is 771. The lowest BCUT2D eigenvalue weighted by molar-refractivity contribution is -0.135. The van der Waals surface area contributed by atoms with Crippen LogP contribution < -0.4 is 10.2 Å². The normalized spacial score (nSPS) is 19.7. The van der Waals surface area contributed by atoms with Crippen molar-refractivity contribution in [3.05, 3.63) is 59.3 Å². The summed E-state index contributed by atoms with van der Waals surface area (Å²) in [6.07, 6.45) is 5.47. The van der Waals surface area contributed by atoms with E-state index in [9.17, 15) is 4.79 Å². The van der Waals surface area contributed by atoms with Crippen LogP contribution in [0.3, 0.4) is 0 Å². The third-order valence-corrected chi connectivity index (χ3v) is 5.22. The van der Waals surface area contributed by atoms with Crippen LogP contribution in [0.25, 0.3) is 0 Å². The van der Waals surface area contributed by atoms with Gasteiger partial charge in [0.05, 0.1) is 0 Å². The second kappa shape index (κ2) is 7.87. The molecule has 0 unspecified atom stereocenters. The first-order valence-corrected chi connectivity index (χ1v) is 9.46. The Kier molecular flexibility index (Phi) is 5.16. The first-order valence-electron chi connectivity index (χ1n) is 9.46. The highest BCUT2D eigenvalue weighted by Crippen LogP contribution is 2.25. The van der Waals surface area contributed by atoms with Crippen LogP contribution in [0, 0.1) is 0 Å². The minimum absolute atomic E-state index is 0.0107. The fourth-order valence-electron chi connectivity index (χ4n) is 3.77. The predicted octanol–water partition coefficient (Wildman–Crippen LogP) is 2.83. The lowest BCUT2D eigenvalue weighted by Crippen LogP contribution is -2.38. The van der Waals surface area contributed by atoms with E-state index in [1.165, 1.54) is 11.1 Å². The average molecular weight is 351 g/mol. The maximum Gasteiger partial charge on any atom is 0.249 e. The molecule has 0 aliphatic carbocycles. The summed E-state index contributed by atoms with van der Waals surface area (Å²) >= 11 is 0. The molecule has 1 amide bonds. The summed E-state index contributed by atoms with van der Waals surface area (Å²) in [5, 5.41) is 3.04. The summed E-state index contributed by atoms with van der Waals surface area (Å²) in [4.78, 5) is 19.3.